The van der Waals surface area contributed by atoms with E-state index in [9.17, 15) is 20.0 Å². The summed E-state index contributed by atoms with van der Waals surface area (Å²) in [5, 5.41) is 27.1. The highest BCUT2D eigenvalue weighted by atomic mass is 35.5. The largest absolute Gasteiger partial charge is 0.508 e. The number of rotatable bonds is 4. The van der Waals surface area contributed by atoms with Gasteiger partial charge in [0.15, 0.2) is 5.69 Å². The van der Waals surface area contributed by atoms with E-state index in [1.165, 1.54) is 42.5 Å². The number of phenols is 1. The number of nitro groups is 1. The summed E-state index contributed by atoms with van der Waals surface area (Å²) in [6.07, 6.45) is 0. The Labute approximate surface area is 167 Å². The molecule has 1 amide bonds. The zero-order valence-electron chi connectivity index (χ0n) is 13.2. The van der Waals surface area contributed by atoms with Crippen molar-refractivity contribution in [3.05, 3.63) is 73.5 Å². The van der Waals surface area contributed by atoms with Gasteiger partial charge < -0.3 is 10.4 Å². The lowest BCUT2D eigenvalue weighted by atomic mass is 10.2. The molecule has 8 nitrogen and oxygen atoms in total. The number of halogens is 3. The summed E-state index contributed by atoms with van der Waals surface area (Å²) in [5.41, 5.74) is 0.182. The van der Waals surface area contributed by atoms with E-state index in [4.69, 9.17) is 34.8 Å². The fourth-order valence-electron chi connectivity index (χ4n) is 2.27. The SMILES string of the molecule is O=C(Nc1cccc([N+](=O)[O-])c1)c1cc(Cl)n(-c2c(Cl)cc(O)cc2Cl)n1. The summed E-state index contributed by atoms with van der Waals surface area (Å²) in [6, 6.07) is 9.24. The van der Waals surface area contributed by atoms with Gasteiger partial charge in [0.2, 0.25) is 0 Å². The second kappa shape index (κ2) is 7.43. The summed E-state index contributed by atoms with van der Waals surface area (Å²) in [4.78, 5) is 22.6. The molecule has 0 aliphatic heterocycles. The maximum atomic E-state index is 12.4. The Bertz CT molecular complexity index is 1040. The van der Waals surface area contributed by atoms with Gasteiger partial charge >= 0.3 is 0 Å². The number of aromatic nitrogens is 2. The van der Waals surface area contributed by atoms with Crippen LogP contribution in [0, 0.1) is 10.1 Å². The molecule has 0 unspecified atom stereocenters. The van der Waals surface area contributed by atoms with Gasteiger partial charge in [0.05, 0.1) is 15.0 Å². The molecule has 0 radical (unpaired) electrons. The van der Waals surface area contributed by atoms with E-state index >= 15 is 0 Å². The third-order valence-electron chi connectivity index (χ3n) is 3.43. The number of benzene rings is 2. The first-order valence-corrected chi connectivity index (χ1v) is 8.39. The number of non-ortho nitro benzene ring substituents is 1. The number of carbonyl (C=O) groups excluding carboxylic acids is 1. The Morgan fingerprint density at radius 2 is 1.81 bits per heavy atom. The fraction of sp³-hybridized carbons (Fsp3) is 0. The molecule has 1 heterocycles. The molecule has 11 heteroatoms. The summed E-state index contributed by atoms with van der Waals surface area (Å²) in [6.45, 7) is 0. The molecule has 138 valence electrons. The third kappa shape index (κ3) is 3.97. The van der Waals surface area contributed by atoms with Crippen molar-refractivity contribution in [2.45, 2.75) is 0 Å². The lowest BCUT2D eigenvalue weighted by molar-refractivity contribution is -0.384. The number of carbonyl (C=O) groups is 1. The number of nitro benzene ring substituents is 1. The second-order valence-electron chi connectivity index (χ2n) is 5.28. The van der Waals surface area contributed by atoms with Crippen molar-refractivity contribution in [3.63, 3.8) is 0 Å². The van der Waals surface area contributed by atoms with E-state index in [2.05, 4.69) is 10.4 Å². The number of nitrogens with zero attached hydrogens (tertiary/aromatic N) is 3. The molecule has 0 aliphatic rings. The van der Waals surface area contributed by atoms with E-state index in [-0.39, 0.29) is 43.7 Å². The topological polar surface area (TPSA) is 110 Å². The molecule has 0 saturated carbocycles. The summed E-state index contributed by atoms with van der Waals surface area (Å²) >= 11 is 18.3. The molecule has 2 aromatic carbocycles. The van der Waals surface area contributed by atoms with Crippen molar-refractivity contribution in [2.75, 3.05) is 5.32 Å². The summed E-state index contributed by atoms with van der Waals surface area (Å²) in [7, 11) is 0. The molecule has 27 heavy (non-hydrogen) atoms. The highest BCUT2D eigenvalue weighted by Gasteiger charge is 2.19. The molecule has 0 fully saturated rings. The van der Waals surface area contributed by atoms with Crippen LogP contribution in [0.2, 0.25) is 15.2 Å². The fourth-order valence-corrected chi connectivity index (χ4v) is 3.13. The van der Waals surface area contributed by atoms with Crippen LogP contribution in [-0.2, 0) is 0 Å². The number of nitrogens with one attached hydrogen (secondary N) is 1. The van der Waals surface area contributed by atoms with Crippen molar-refractivity contribution < 1.29 is 14.8 Å². The average Bonchev–Trinajstić information content (AvgIpc) is 2.96. The van der Waals surface area contributed by atoms with Crippen LogP contribution in [0.5, 0.6) is 5.75 Å². The first-order chi connectivity index (χ1) is 12.8. The first kappa shape index (κ1) is 19.0. The maximum Gasteiger partial charge on any atom is 0.276 e. The van der Waals surface area contributed by atoms with Gasteiger partial charge in [-0.3, -0.25) is 14.9 Å². The van der Waals surface area contributed by atoms with Crippen molar-refractivity contribution in [1.82, 2.24) is 9.78 Å². The predicted molar refractivity (Wildman–Crippen MR) is 101 cm³/mol. The third-order valence-corrected chi connectivity index (χ3v) is 4.27. The molecular formula is C16H9Cl3N4O4. The molecule has 1 aromatic heterocycles. The van der Waals surface area contributed by atoms with Crippen molar-refractivity contribution in [2.24, 2.45) is 0 Å². The Morgan fingerprint density at radius 3 is 2.44 bits per heavy atom. The standard InChI is InChI=1S/C16H9Cl3N4O4/c17-11-5-10(24)6-12(18)15(11)22-14(19)7-13(21-22)16(25)20-8-2-1-3-9(4-8)23(26)27/h1-7,24H,(H,20,25). The molecule has 0 bridgehead atoms. The van der Waals surface area contributed by atoms with Crippen LogP contribution < -0.4 is 5.32 Å². The lowest BCUT2D eigenvalue weighted by Gasteiger charge is -2.08. The van der Waals surface area contributed by atoms with Crippen molar-refractivity contribution >= 4 is 52.1 Å². The van der Waals surface area contributed by atoms with Gasteiger partial charge in [0, 0.05) is 36.0 Å². The molecule has 2 N–H and O–H groups in total. The lowest BCUT2D eigenvalue weighted by Crippen LogP contribution is -2.13. The highest BCUT2D eigenvalue weighted by molar-refractivity contribution is 6.38. The minimum absolute atomic E-state index is 0.0497. The van der Waals surface area contributed by atoms with Crippen LogP contribution in [0.15, 0.2) is 42.5 Å². The summed E-state index contributed by atoms with van der Waals surface area (Å²) < 4.78 is 1.15. The van der Waals surface area contributed by atoms with Crippen LogP contribution in [0.25, 0.3) is 5.69 Å². The van der Waals surface area contributed by atoms with Crippen LogP contribution in [0.4, 0.5) is 11.4 Å². The molecule has 0 aliphatic carbocycles. The van der Waals surface area contributed by atoms with Gasteiger partial charge in [-0.1, -0.05) is 40.9 Å². The quantitative estimate of drug-likeness (QED) is 0.463. The van der Waals surface area contributed by atoms with Crippen molar-refractivity contribution in [3.8, 4) is 11.4 Å². The molecular weight excluding hydrogens is 419 g/mol. The summed E-state index contributed by atoms with van der Waals surface area (Å²) in [5.74, 6) is -0.775. The minimum atomic E-state index is -0.637. The van der Waals surface area contributed by atoms with Gasteiger partial charge in [-0.15, -0.1) is 0 Å². The zero-order valence-corrected chi connectivity index (χ0v) is 15.5. The van der Waals surface area contributed by atoms with Crippen LogP contribution in [0.3, 0.4) is 0 Å². The van der Waals surface area contributed by atoms with Crippen LogP contribution >= 0.6 is 34.8 Å². The van der Waals surface area contributed by atoms with E-state index in [1.807, 2.05) is 0 Å². The van der Waals surface area contributed by atoms with E-state index in [1.54, 1.807) is 0 Å². The van der Waals surface area contributed by atoms with Gasteiger partial charge in [0.1, 0.15) is 16.6 Å². The van der Waals surface area contributed by atoms with Gasteiger partial charge in [-0.2, -0.15) is 5.10 Å². The number of hydrogen-bond donors (Lipinski definition) is 2. The molecule has 0 atom stereocenters. The number of amides is 1. The first-order valence-electron chi connectivity index (χ1n) is 7.26. The number of anilines is 1. The predicted octanol–water partition coefficient (Wildman–Crippen LogP) is 4.70. The number of hydrogen-bond acceptors (Lipinski definition) is 5. The Kier molecular flexibility index (Phi) is 5.22. The Hall–Kier alpha value is -2.81. The monoisotopic (exact) mass is 426 g/mol. The van der Waals surface area contributed by atoms with E-state index in [0.717, 1.165) is 4.68 Å². The van der Waals surface area contributed by atoms with Crippen LogP contribution in [0.1, 0.15) is 10.5 Å². The maximum absolute atomic E-state index is 12.4. The van der Waals surface area contributed by atoms with Crippen LogP contribution in [-0.4, -0.2) is 25.7 Å². The van der Waals surface area contributed by atoms with Crippen molar-refractivity contribution in [1.29, 1.82) is 0 Å². The Morgan fingerprint density at radius 1 is 1.15 bits per heavy atom. The Balaban J connectivity index is 1.92. The smallest absolute Gasteiger partial charge is 0.276 e. The molecule has 3 rings (SSSR count). The minimum Gasteiger partial charge on any atom is -0.508 e. The number of phenolic OH excluding ortho intramolecular Hbond substituents is 1. The van der Waals surface area contributed by atoms with E-state index < -0.39 is 10.8 Å². The highest BCUT2D eigenvalue weighted by Crippen LogP contribution is 2.34. The normalized spacial score (nSPS) is 10.6. The van der Waals surface area contributed by atoms with Gasteiger partial charge in [-0.25, -0.2) is 4.68 Å². The van der Waals surface area contributed by atoms with Gasteiger partial charge in [0.25, 0.3) is 11.6 Å². The molecule has 0 spiro atoms. The van der Waals surface area contributed by atoms with E-state index in [0.29, 0.717) is 0 Å². The zero-order chi connectivity index (χ0) is 19.7. The number of aromatic hydroxyl groups is 1. The second-order valence-corrected chi connectivity index (χ2v) is 6.49. The molecule has 0 saturated heterocycles. The average molecular weight is 428 g/mol. The van der Waals surface area contributed by atoms with Gasteiger partial charge in [-0.05, 0) is 6.07 Å². The molecule has 3 aromatic rings.